The van der Waals surface area contributed by atoms with Gasteiger partial charge in [0.2, 0.25) is 0 Å². The number of halogens is 1. The van der Waals surface area contributed by atoms with Crippen LogP contribution in [0.15, 0.2) is 55.9 Å². The Hall–Kier alpha value is -3.57. The molecule has 0 saturated heterocycles. The van der Waals surface area contributed by atoms with Crippen molar-refractivity contribution in [2.75, 3.05) is 27.4 Å². The number of phenolic OH excluding ortho intramolecular Hbond substituents is 1. The summed E-state index contributed by atoms with van der Waals surface area (Å²) in [7, 11) is 2.84. The molecule has 1 atom stereocenters. The number of aromatic hydroxyl groups is 1. The molecule has 2 aromatic carbocycles. The standard InChI is InChI=1S/C27H27BrN2O7S/c1-6-36-19-10-15(8-9-18(19)31)24-23(26(33)35-5)14(3)29-27-30(24)25(32)22(38-27)12-16-11-21(37-7-2)20(34-4)13-17(16)28/h8-13,24,31H,6-7H2,1-5H3. The Balaban J connectivity index is 1.96. The van der Waals surface area contributed by atoms with Gasteiger partial charge in [-0.2, -0.15) is 0 Å². The third kappa shape index (κ3) is 5.08. The second kappa shape index (κ2) is 11.4. The molecule has 1 N–H and O–H groups in total. The van der Waals surface area contributed by atoms with Crippen LogP contribution in [-0.4, -0.2) is 43.1 Å². The highest BCUT2D eigenvalue weighted by Gasteiger charge is 2.33. The SMILES string of the molecule is CCOc1cc(C2C(C(=O)OC)=C(C)N=c3sc(=Cc4cc(OCC)c(OC)cc4Br)c(=O)n32)ccc1O. The molecule has 4 rings (SSSR count). The first kappa shape index (κ1) is 27.5. The second-order valence-electron chi connectivity index (χ2n) is 8.19. The van der Waals surface area contributed by atoms with Crippen molar-refractivity contribution in [1.29, 1.82) is 0 Å². The molecule has 0 amide bonds. The molecule has 1 unspecified atom stereocenters. The Morgan fingerprint density at radius 2 is 1.84 bits per heavy atom. The molecule has 0 fully saturated rings. The zero-order valence-electron chi connectivity index (χ0n) is 21.5. The molecule has 1 aliphatic heterocycles. The molecule has 3 aromatic rings. The van der Waals surface area contributed by atoms with Crippen LogP contribution < -0.4 is 29.1 Å². The molecule has 0 radical (unpaired) electrons. The van der Waals surface area contributed by atoms with Crippen molar-refractivity contribution in [3.8, 4) is 23.0 Å². The number of methoxy groups -OCH3 is 2. The highest BCUT2D eigenvalue weighted by molar-refractivity contribution is 9.10. The summed E-state index contributed by atoms with van der Waals surface area (Å²) in [5.74, 6) is 0.713. The number of thiazole rings is 1. The van der Waals surface area contributed by atoms with Crippen LogP contribution in [0.25, 0.3) is 6.08 Å². The van der Waals surface area contributed by atoms with Gasteiger partial charge in [-0.05, 0) is 62.2 Å². The number of benzene rings is 2. The summed E-state index contributed by atoms with van der Waals surface area (Å²) < 4.78 is 24.3. The molecule has 0 spiro atoms. The minimum atomic E-state index is -0.834. The Morgan fingerprint density at radius 1 is 1.13 bits per heavy atom. The van der Waals surface area contributed by atoms with Gasteiger partial charge in [0.15, 0.2) is 27.8 Å². The molecule has 38 heavy (non-hydrogen) atoms. The van der Waals surface area contributed by atoms with Crippen LogP contribution in [0.3, 0.4) is 0 Å². The normalized spacial score (nSPS) is 15.1. The predicted octanol–water partition coefficient (Wildman–Crippen LogP) is 3.68. The molecule has 2 heterocycles. The fourth-order valence-corrected chi connectivity index (χ4v) is 5.68. The molecular formula is C27H27BrN2O7S. The molecule has 0 bridgehead atoms. The summed E-state index contributed by atoms with van der Waals surface area (Å²) in [4.78, 5) is 31.7. The quantitative estimate of drug-likeness (QED) is 0.392. The Labute approximate surface area is 231 Å². The third-order valence-electron chi connectivity index (χ3n) is 5.90. The van der Waals surface area contributed by atoms with Crippen molar-refractivity contribution in [1.82, 2.24) is 4.57 Å². The van der Waals surface area contributed by atoms with Crippen LogP contribution in [0.5, 0.6) is 23.0 Å². The van der Waals surface area contributed by atoms with E-state index in [1.165, 1.54) is 29.1 Å². The van der Waals surface area contributed by atoms with E-state index in [1.807, 2.05) is 6.92 Å². The van der Waals surface area contributed by atoms with Crippen molar-refractivity contribution in [3.63, 3.8) is 0 Å². The summed E-state index contributed by atoms with van der Waals surface area (Å²) >= 11 is 4.76. The van der Waals surface area contributed by atoms with Crippen LogP contribution in [-0.2, 0) is 9.53 Å². The lowest BCUT2D eigenvalue weighted by atomic mass is 9.95. The van der Waals surface area contributed by atoms with E-state index in [0.717, 1.165) is 0 Å². The highest BCUT2D eigenvalue weighted by atomic mass is 79.9. The number of aromatic nitrogens is 1. The lowest BCUT2D eigenvalue weighted by Gasteiger charge is -2.24. The van der Waals surface area contributed by atoms with Crippen molar-refractivity contribution in [2.24, 2.45) is 4.99 Å². The van der Waals surface area contributed by atoms with E-state index in [4.69, 9.17) is 18.9 Å². The van der Waals surface area contributed by atoms with E-state index in [1.54, 1.807) is 51.3 Å². The van der Waals surface area contributed by atoms with Gasteiger partial charge in [-0.25, -0.2) is 9.79 Å². The van der Waals surface area contributed by atoms with Crippen molar-refractivity contribution in [3.05, 3.63) is 76.9 Å². The van der Waals surface area contributed by atoms with Crippen molar-refractivity contribution < 1.29 is 28.8 Å². The summed E-state index contributed by atoms with van der Waals surface area (Å²) in [5.41, 5.74) is 1.61. The second-order valence-corrected chi connectivity index (χ2v) is 10.1. The van der Waals surface area contributed by atoms with Gasteiger partial charge in [-0.3, -0.25) is 9.36 Å². The van der Waals surface area contributed by atoms with Gasteiger partial charge in [0.05, 0.1) is 49.3 Å². The number of carbonyl (C=O) groups excluding carboxylic acids is 1. The van der Waals surface area contributed by atoms with E-state index >= 15 is 0 Å². The topological polar surface area (TPSA) is 109 Å². The lowest BCUT2D eigenvalue weighted by Crippen LogP contribution is -2.39. The number of rotatable bonds is 8. The number of fused-ring (bicyclic) bond motifs is 1. The van der Waals surface area contributed by atoms with Gasteiger partial charge in [0.25, 0.3) is 5.56 Å². The number of phenols is 1. The average Bonchev–Trinajstić information content (AvgIpc) is 3.20. The van der Waals surface area contributed by atoms with Gasteiger partial charge in [-0.15, -0.1) is 0 Å². The third-order valence-corrected chi connectivity index (χ3v) is 7.57. The average molecular weight is 603 g/mol. The van der Waals surface area contributed by atoms with Crippen LogP contribution in [0, 0.1) is 0 Å². The number of ether oxygens (including phenoxy) is 4. The van der Waals surface area contributed by atoms with Crippen LogP contribution in [0.4, 0.5) is 0 Å². The van der Waals surface area contributed by atoms with Gasteiger partial charge < -0.3 is 24.1 Å². The molecule has 1 aliphatic rings. The zero-order valence-corrected chi connectivity index (χ0v) is 23.9. The molecule has 0 aliphatic carbocycles. The smallest absolute Gasteiger partial charge is 0.338 e. The van der Waals surface area contributed by atoms with Crippen LogP contribution >= 0.6 is 27.3 Å². The lowest BCUT2D eigenvalue weighted by molar-refractivity contribution is -0.136. The maximum Gasteiger partial charge on any atom is 0.338 e. The van der Waals surface area contributed by atoms with Gasteiger partial charge in [-0.1, -0.05) is 33.3 Å². The predicted molar refractivity (Wildman–Crippen MR) is 147 cm³/mol. The number of esters is 1. The number of hydrogen-bond donors (Lipinski definition) is 1. The molecular weight excluding hydrogens is 576 g/mol. The molecule has 200 valence electrons. The summed E-state index contributed by atoms with van der Waals surface area (Å²) in [6, 6.07) is 7.49. The number of carbonyl (C=O) groups is 1. The fourth-order valence-electron chi connectivity index (χ4n) is 4.21. The fraction of sp³-hybridized carbons (Fsp3) is 0.296. The Bertz CT molecular complexity index is 1610. The van der Waals surface area contributed by atoms with Crippen molar-refractivity contribution in [2.45, 2.75) is 26.8 Å². The molecule has 1 aromatic heterocycles. The number of allylic oxidation sites excluding steroid dienone is 1. The van der Waals surface area contributed by atoms with E-state index in [2.05, 4.69) is 20.9 Å². The Morgan fingerprint density at radius 3 is 2.50 bits per heavy atom. The molecule has 11 heteroatoms. The van der Waals surface area contributed by atoms with E-state index in [9.17, 15) is 14.7 Å². The van der Waals surface area contributed by atoms with Gasteiger partial charge in [0.1, 0.15) is 0 Å². The monoisotopic (exact) mass is 602 g/mol. The number of hydrogen-bond acceptors (Lipinski definition) is 9. The largest absolute Gasteiger partial charge is 0.504 e. The highest BCUT2D eigenvalue weighted by Crippen LogP contribution is 2.36. The van der Waals surface area contributed by atoms with E-state index in [0.29, 0.717) is 55.3 Å². The van der Waals surface area contributed by atoms with Gasteiger partial charge >= 0.3 is 5.97 Å². The van der Waals surface area contributed by atoms with E-state index < -0.39 is 12.0 Å². The molecule has 9 nitrogen and oxygen atoms in total. The maximum atomic E-state index is 13.8. The Kier molecular flexibility index (Phi) is 8.27. The first-order chi connectivity index (χ1) is 18.2. The zero-order chi connectivity index (χ0) is 27.6. The minimum Gasteiger partial charge on any atom is -0.504 e. The summed E-state index contributed by atoms with van der Waals surface area (Å²) in [5, 5.41) is 10.2. The minimum absolute atomic E-state index is 0.0437. The first-order valence-corrected chi connectivity index (χ1v) is 13.4. The van der Waals surface area contributed by atoms with Gasteiger partial charge in [0, 0.05) is 4.47 Å². The van der Waals surface area contributed by atoms with E-state index in [-0.39, 0.29) is 22.6 Å². The summed E-state index contributed by atoms with van der Waals surface area (Å²) in [6.45, 7) is 6.16. The maximum absolute atomic E-state index is 13.8. The van der Waals surface area contributed by atoms with Crippen molar-refractivity contribution >= 4 is 39.3 Å². The number of nitrogens with zero attached hydrogens (tertiary/aromatic N) is 2. The van der Waals surface area contributed by atoms with Crippen LogP contribution in [0.1, 0.15) is 37.9 Å². The summed E-state index contributed by atoms with van der Waals surface area (Å²) in [6.07, 6.45) is 1.74. The molecule has 0 saturated carbocycles. The first-order valence-electron chi connectivity index (χ1n) is 11.8. The van der Waals surface area contributed by atoms with Crippen LogP contribution in [0.2, 0.25) is 0 Å².